The van der Waals surface area contributed by atoms with Crippen molar-refractivity contribution in [3.05, 3.63) is 63.2 Å². The largest absolute Gasteiger partial charge is 0.331 e. The van der Waals surface area contributed by atoms with Gasteiger partial charge in [0, 0.05) is 26.9 Å². The molecule has 0 aliphatic heterocycles. The van der Waals surface area contributed by atoms with Crippen LogP contribution < -0.4 is 0 Å². The number of halogens is 1. The molecule has 0 bridgehead atoms. The molecule has 4 rings (SSSR count). The number of rotatable bonds is 4. The number of fused-ring (bicyclic) bond motifs is 1. The number of pyridine rings is 1. The molecule has 2 heterocycles. The third-order valence-electron chi connectivity index (χ3n) is 4.50. The van der Waals surface area contributed by atoms with Crippen LogP contribution in [0.3, 0.4) is 0 Å². The molecule has 1 saturated carbocycles. The van der Waals surface area contributed by atoms with E-state index in [4.69, 9.17) is 0 Å². The lowest BCUT2D eigenvalue weighted by Gasteiger charge is -2.23. The quantitative estimate of drug-likeness (QED) is 0.670. The Morgan fingerprint density at radius 2 is 2.04 bits per heavy atom. The van der Waals surface area contributed by atoms with Gasteiger partial charge in [0.25, 0.3) is 5.91 Å². The second-order valence-electron chi connectivity index (χ2n) is 6.65. The summed E-state index contributed by atoms with van der Waals surface area (Å²) in [6.07, 6.45) is 2.07. The number of hydrogen-bond donors (Lipinski definition) is 0. The Kier molecular flexibility index (Phi) is 4.04. The van der Waals surface area contributed by atoms with Crippen molar-refractivity contribution >= 4 is 28.1 Å². The SMILES string of the molecule is Cc1cc(C(=O)N(Cc2ccc(C)s2)C2CC2)c2cc(F)ccc2n1. The first-order valence-electron chi connectivity index (χ1n) is 8.44. The van der Waals surface area contributed by atoms with Crippen molar-refractivity contribution in [3.63, 3.8) is 0 Å². The minimum atomic E-state index is -0.348. The van der Waals surface area contributed by atoms with E-state index in [2.05, 4.69) is 24.0 Å². The van der Waals surface area contributed by atoms with Gasteiger partial charge in [-0.2, -0.15) is 0 Å². The van der Waals surface area contributed by atoms with Crippen molar-refractivity contribution in [2.45, 2.75) is 39.3 Å². The zero-order valence-corrected chi connectivity index (χ0v) is 15.1. The molecule has 1 aliphatic rings. The summed E-state index contributed by atoms with van der Waals surface area (Å²) >= 11 is 1.72. The van der Waals surface area contributed by atoms with Gasteiger partial charge in [0.1, 0.15) is 5.82 Å². The zero-order chi connectivity index (χ0) is 17.6. The van der Waals surface area contributed by atoms with Crippen LogP contribution >= 0.6 is 11.3 Å². The summed E-state index contributed by atoms with van der Waals surface area (Å²) < 4.78 is 13.8. The number of nitrogens with zero attached hydrogens (tertiary/aromatic N) is 2. The molecular formula is C20H19FN2OS. The molecule has 5 heteroatoms. The second kappa shape index (κ2) is 6.23. The number of benzene rings is 1. The van der Waals surface area contributed by atoms with E-state index in [9.17, 15) is 9.18 Å². The number of carbonyl (C=O) groups is 1. The molecule has 1 fully saturated rings. The van der Waals surface area contributed by atoms with Crippen LogP contribution in [0, 0.1) is 19.7 Å². The van der Waals surface area contributed by atoms with Crippen LogP contribution in [-0.4, -0.2) is 21.8 Å². The van der Waals surface area contributed by atoms with E-state index in [1.807, 2.05) is 11.8 Å². The summed E-state index contributed by atoms with van der Waals surface area (Å²) in [5.41, 5.74) is 1.97. The molecule has 2 aromatic heterocycles. The maximum atomic E-state index is 13.8. The molecule has 0 N–H and O–H groups in total. The minimum absolute atomic E-state index is 0.0327. The van der Waals surface area contributed by atoms with Crippen LogP contribution in [0.4, 0.5) is 4.39 Å². The van der Waals surface area contributed by atoms with Crippen molar-refractivity contribution in [2.24, 2.45) is 0 Å². The topological polar surface area (TPSA) is 33.2 Å². The molecule has 1 aromatic carbocycles. The van der Waals surface area contributed by atoms with Gasteiger partial charge in [0.15, 0.2) is 0 Å². The number of thiophene rings is 1. The highest BCUT2D eigenvalue weighted by atomic mass is 32.1. The van der Waals surface area contributed by atoms with Crippen LogP contribution in [0.15, 0.2) is 36.4 Å². The van der Waals surface area contributed by atoms with Crippen molar-refractivity contribution < 1.29 is 9.18 Å². The van der Waals surface area contributed by atoms with Crippen molar-refractivity contribution in [1.29, 1.82) is 0 Å². The maximum absolute atomic E-state index is 13.8. The average Bonchev–Trinajstić information content (AvgIpc) is 3.34. The van der Waals surface area contributed by atoms with E-state index in [1.54, 1.807) is 23.5 Å². The fourth-order valence-corrected chi connectivity index (χ4v) is 4.04. The van der Waals surface area contributed by atoms with Gasteiger partial charge in [0.2, 0.25) is 0 Å². The van der Waals surface area contributed by atoms with Crippen molar-refractivity contribution in [3.8, 4) is 0 Å². The Balaban J connectivity index is 1.75. The maximum Gasteiger partial charge on any atom is 0.255 e. The molecule has 0 saturated heterocycles. The van der Waals surface area contributed by atoms with Crippen LogP contribution in [-0.2, 0) is 6.54 Å². The Bertz CT molecular complexity index is 961. The molecule has 0 radical (unpaired) electrons. The lowest BCUT2D eigenvalue weighted by Crippen LogP contribution is -2.32. The van der Waals surface area contributed by atoms with Gasteiger partial charge in [0.05, 0.1) is 17.6 Å². The number of carbonyl (C=O) groups excluding carboxylic acids is 1. The van der Waals surface area contributed by atoms with Gasteiger partial charge in [-0.15, -0.1) is 11.3 Å². The monoisotopic (exact) mass is 354 g/mol. The Morgan fingerprint density at radius 3 is 2.72 bits per heavy atom. The molecule has 0 spiro atoms. The number of amides is 1. The Morgan fingerprint density at radius 1 is 1.24 bits per heavy atom. The van der Waals surface area contributed by atoms with Gasteiger partial charge in [-0.1, -0.05) is 0 Å². The summed E-state index contributed by atoms with van der Waals surface area (Å²) in [6, 6.07) is 10.7. The third-order valence-corrected chi connectivity index (χ3v) is 5.49. The summed E-state index contributed by atoms with van der Waals surface area (Å²) in [5, 5.41) is 0.587. The molecule has 128 valence electrons. The molecule has 3 nitrogen and oxygen atoms in total. The molecule has 1 aliphatic carbocycles. The fraction of sp³-hybridized carbons (Fsp3) is 0.300. The molecule has 1 amide bonds. The second-order valence-corrected chi connectivity index (χ2v) is 8.02. The van der Waals surface area contributed by atoms with Gasteiger partial charge >= 0.3 is 0 Å². The normalized spacial score (nSPS) is 14.0. The van der Waals surface area contributed by atoms with Crippen LogP contribution in [0.2, 0.25) is 0 Å². The molecule has 0 atom stereocenters. The summed E-state index contributed by atoms with van der Waals surface area (Å²) in [6.45, 7) is 4.55. The predicted molar refractivity (Wildman–Crippen MR) is 98.4 cm³/mol. The zero-order valence-electron chi connectivity index (χ0n) is 14.3. The first kappa shape index (κ1) is 16.2. The Labute approximate surface area is 150 Å². The lowest BCUT2D eigenvalue weighted by molar-refractivity contribution is 0.0733. The standard InChI is InChI=1S/C20H19FN2OS/c1-12-9-18(17-10-14(21)4-8-19(17)22-12)20(24)23(15-5-6-15)11-16-7-3-13(2)25-16/h3-4,7-10,15H,5-6,11H2,1-2H3. The molecule has 3 aromatic rings. The predicted octanol–water partition coefficient (Wildman–Crippen LogP) is 4.86. The van der Waals surface area contributed by atoms with E-state index < -0.39 is 0 Å². The van der Waals surface area contributed by atoms with Crippen LogP contribution in [0.5, 0.6) is 0 Å². The number of aromatic nitrogens is 1. The summed E-state index contributed by atoms with van der Waals surface area (Å²) in [4.78, 5) is 22.1. The first-order chi connectivity index (χ1) is 12.0. The third kappa shape index (κ3) is 3.29. The smallest absolute Gasteiger partial charge is 0.255 e. The van der Waals surface area contributed by atoms with Crippen molar-refractivity contribution in [2.75, 3.05) is 0 Å². The molecule has 0 unspecified atom stereocenters. The molecular weight excluding hydrogens is 335 g/mol. The first-order valence-corrected chi connectivity index (χ1v) is 9.26. The Hall–Kier alpha value is -2.27. The van der Waals surface area contributed by atoms with Crippen LogP contribution in [0.1, 0.15) is 38.6 Å². The lowest BCUT2D eigenvalue weighted by atomic mass is 10.1. The van der Waals surface area contributed by atoms with Crippen molar-refractivity contribution in [1.82, 2.24) is 9.88 Å². The van der Waals surface area contributed by atoms with E-state index >= 15 is 0 Å². The molecule has 25 heavy (non-hydrogen) atoms. The van der Waals surface area contributed by atoms with Crippen LogP contribution in [0.25, 0.3) is 10.9 Å². The van der Waals surface area contributed by atoms with Gasteiger partial charge in [-0.3, -0.25) is 9.78 Å². The van der Waals surface area contributed by atoms with E-state index in [0.717, 1.165) is 18.5 Å². The van der Waals surface area contributed by atoms with E-state index in [1.165, 1.54) is 21.9 Å². The average molecular weight is 354 g/mol. The van der Waals surface area contributed by atoms with Gasteiger partial charge in [-0.05, 0) is 63.1 Å². The minimum Gasteiger partial charge on any atom is -0.331 e. The van der Waals surface area contributed by atoms with Gasteiger partial charge in [-0.25, -0.2) is 4.39 Å². The van der Waals surface area contributed by atoms with Gasteiger partial charge < -0.3 is 4.90 Å². The fourth-order valence-electron chi connectivity index (χ4n) is 3.15. The highest BCUT2D eigenvalue weighted by molar-refractivity contribution is 7.11. The summed E-state index contributed by atoms with van der Waals surface area (Å²) in [5.74, 6) is -0.381. The van der Waals surface area contributed by atoms with E-state index in [0.29, 0.717) is 23.0 Å². The number of aryl methyl sites for hydroxylation is 2. The number of hydrogen-bond acceptors (Lipinski definition) is 3. The highest BCUT2D eigenvalue weighted by Gasteiger charge is 2.34. The van der Waals surface area contributed by atoms with E-state index in [-0.39, 0.29) is 17.8 Å². The highest BCUT2D eigenvalue weighted by Crippen LogP contribution is 2.32. The summed E-state index contributed by atoms with van der Waals surface area (Å²) in [7, 11) is 0.